The van der Waals surface area contributed by atoms with E-state index in [1.807, 2.05) is 146 Å². The summed E-state index contributed by atoms with van der Waals surface area (Å²) in [6, 6.07) is 64.3. The Kier molecular flexibility index (Phi) is 27.7. The lowest BCUT2D eigenvalue weighted by Gasteiger charge is -2.25. The summed E-state index contributed by atoms with van der Waals surface area (Å²) in [5.41, 5.74) is 39.4. The third kappa shape index (κ3) is 19.3. The lowest BCUT2D eigenvalue weighted by molar-refractivity contribution is 0.483. The summed E-state index contributed by atoms with van der Waals surface area (Å²) in [5.74, 6) is 3.67. The van der Waals surface area contributed by atoms with E-state index in [0.717, 1.165) is 85.4 Å². The normalized spacial score (nSPS) is 11.6. The number of unbranched alkanes of at least 4 members (excludes halogenated alkanes) is 27. The minimum Gasteiger partial charge on any atom is -0.457 e. The number of hydrogen-bond acceptors (Lipinski definition) is 12. The molecule has 6 heterocycles. The Labute approximate surface area is 780 Å². The van der Waals surface area contributed by atoms with Gasteiger partial charge in [0.05, 0.1) is 77.0 Å². The molecule has 19 rings (SSSR count). The maximum atomic E-state index is 16.9. The van der Waals surface area contributed by atoms with Crippen LogP contribution < -0.4 is 30.1 Å². The van der Waals surface area contributed by atoms with Crippen molar-refractivity contribution in [3.63, 3.8) is 0 Å². The first-order valence-corrected chi connectivity index (χ1v) is 49.0. The molecule has 0 radical (unpaired) electrons. The smallest absolute Gasteiger partial charge is 0.264 e. The Balaban J connectivity index is 0.865. The number of aromatic nitrogens is 8. The molecule has 14 nitrogen and oxygen atoms in total. The standard InChI is InChI=1S/C120H110N8O6/c1-5-9-13-17-21-25-29-33-37-41-49-81-57-65-85(66-58-81)131-105-73-89-109-91(119(129)127-103-79-99-97(77-101(103)125-117(89)127)121-93-53-45-47-55-95(93)123-99)75-107(133-87-69-61-83(62-70-87)51-43-39-35-31-27-23-19-15-11-7-3)113-114-108(134-88-71-63-84(64-72-88)52-44-40-36-32-28-24-20-16-12-8-4)76-92-110-90(118-126-102-78-98-100(80-104(102)128(118)120(92)130)124-96-56-48-46-54-94(96)122-98)74-106(112(116(110)114)111(105)115(109)113)132-86-67-59-82(60-68-86)50-42-38-34-30-26-22-18-14-10-6-2/h45-49,53-80H,1,6-8,10-12,14-16,18-20,22-24,26-28,30-32,34-36,38-40,42-44,50-52H2,2-4H3. The molecule has 0 N–H and O–H groups in total. The lowest BCUT2D eigenvalue weighted by Crippen LogP contribution is -2.15. The van der Waals surface area contributed by atoms with Crippen molar-refractivity contribution in [2.45, 2.75) is 233 Å². The van der Waals surface area contributed by atoms with Crippen LogP contribution in [0.25, 0.3) is 148 Å². The number of pyridine rings is 2. The predicted molar refractivity (Wildman–Crippen MR) is 549 cm³/mol. The highest BCUT2D eigenvalue weighted by Gasteiger charge is 2.34. The molecule has 0 unspecified atom stereocenters. The van der Waals surface area contributed by atoms with Gasteiger partial charge in [-0.3, -0.25) is 18.4 Å². The number of fused-ring (bicyclic) bond motifs is 14. The van der Waals surface area contributed by atoms with Crippen LogP contribution in [0, 0.1) is 0 Å². The molecular formula is C120H110N8O6. The van der Waals surface area contributed by atoms with Gasteiger partial charge in [-0.15, -0.1) is 0 Å². The molecule has 0 fully saturated rings. The van der Waals surface area contributed by atoms with Gasteiger partial charge in [0.1, 0.15) is 57.3 Å². The van der Waals surface area contributed by atoms with Crippen LogP contribution in [0.4, 0.5) is 0 Å². The third-order valence-corrected chi connectivity index (χ3v) is 26.6. The topological polar surface area (TPSA) is 157 Å². The minimum atomic E-state index is -0.333. The van der Waals surface area contributed by atoms with Crippen molar-refractivity contribution < 1.29 is 18.9 Å². The average Bonchev–Trinajstić information content (AvgIpc) is 1.11. The van der Waals surface area contributed by atoms with Crippen LogP contribution in [0.2, 0.25) is 0 Å². The van der Waals surface area contributed by atoms with E-state index in [2.05, 4.69) is 133 Å². The Morgan fingerprint density at radius 3 is 0.881 bits per heavy atom. The molecule has 0 saturated heterocycles. The third-order valence-electron chi connectivity index (χ3n) is 26.6. The van der Waals surface area contributed by atoms with Crippen LogP contribution in [0.1, 0.15) is 236 Å². The van der Waals surface area contributed by atoms with E-state index in [9.17, 15) is 0 Å². The maximum Gasteiger partial charge on any atom is 0.264 e. The van der Waals surface area contributed by atoms with E-state index in [1.54, 1.807) is 14.9 Å². The van der Waals surface area contributed by atoms with Crippen LogP contribution in [-0.2, 0) is 19.3 Å². The largest absolute Gasteiger partial charge is 0.457 e. The molecule has 6 aromatic heterocycles. The van der Waals surface area contributed by atoms with Gasteiger partial charge in [-0.1, -0.05) is 278 Å². The highest BCUT2D eigenvalue weighted by molar-refractivity contribution is 6.45. The zero-order valence-electron chi connectivity index (χ0n) is 77.1. The molecule has 0 aliphatic heterocycles. The first kappa shape index (κ1) is 88.6. The van der Waals surface area contributed by atoms with Crippen LogP contribution in [0.5, 0.6) is 46.0 Å². The minimum absolute atomic E-state index is 0.328. The molecule has 0 atom stereocenters. The fraction of sp³-hybridized carbons (Fsp3) is 0.300. The van der Waals surface area contributed by atoms with E-state index in [1.165, 1.54) is 171 Å². The van der Waals surface area contributed by atoms with Crippen molar-refractivity contribution in [2.75, 3.05) is 0 Å². The maximum absolute atomic E-state index is 16.9. The number of aryl methyl sites for hydroxylation is 3. The Morgan fingerprint density at radius 2 is 0.560 bits per heavy atom. The van der Waals surface area contributed by atoms with Crippen molar-refractivity contribution >= 4 is 148 Å². The second-order valence-corrected chi connectivity index (χ2v) is 36.1. The molecule has 0 amide bonds. The molecule has 0 bridgehead atoms. The summed E-state index contributed by atoms with van der Waals surface area (Å²) in [6.07, 6.45) is 42.1. The summed E-state index contributed by atoms with van der Waals surface area (Å²) in [5, 5.41) is 6.70. The Morgan fingerprint density at radius 1 is 0.276 bits per heavy atom. The van der Waals surface area contributed by atoms with E-state index < -0.39 is 0 Å². The molecule has 0 aliphatic rings. The average molecular weight is 1760 g/mol. The van der Waals surface area contributed by atoms with Gasteiger partial charge in [0.15, 0.2) is 0 Å². The van der Waals surface area contributed by atoms with Gasteiger partial charge in [-0.05, 0) is 241 Å². The summed E-state index contributed by atoms with van der Waals surface area (Å²) in [6.45, 7) is 10.3. The molecule has 0 saturated carbocycles. The van der Waals surface area contributed by atoms with E-state index >= 15 is 9.59 Å². The molecule has 134 heavy (non-hydrogen) atoms. The quantitative estimate of drug-likeness (QED) is 0.0155. The molecular weight excluding hydrogens is 1650 g/mol. The highest BCUT2D eigenvalue weighted by Crippen LogP contribution is 2.58. The number of ether oxygens (including phenoxy) is 4. The summed E-state index contributed by atoms with van der Waals surface area (Å²) in [7, 11) is 0. The van der Waals surface area contributed by atoms with Crippen molar-refractivity contribution in [3.8, 4) is 46.0 Å². The molecule has 13 aromatic carbocycles. The summed E-state index contributed by atoms with van der Waals surface area (Å²) < 4.78 is 34.3. The van der Waals surface area contributed by atoms with Gasteiger partial charge in [-0.25, -0.2) is 29.9 Å². The number of hydrogen-bond donors (Lipinski definition) is 0. The summed E-state index contributed by atoms with van der Waals surface area (Å²) >= 11 is 0. The Bertz CT molecular complexity index is 8160. The predicted octanol–water partition coefficient (Wildman–Crippen LogP) is 32.2. The molecule has 666 valence electrons. The van der Waals surface area contributed by atoms with E-state index in [-0.39, 0.29) is 11.1 Å². The van der Waals surface area contributed by atoms with Crippen molar-refractivity contribution in [1.29, 1.82) is 0 Å². The van der Waals surface area contributed by atoms with Crippen molar-refractivity contribution in [3.05, 3.63) is 301 Å². The van der Waals surface area contributed by atoms with E-state index in [4.69, 9.17) is 48.9 Å². The zero-order valence-corrected chi connectivity index (χ0v) is 77.1. The fourth-order valence-corrected chi connectivity index (χ4v) is 19.7. The number of imidazole rings is 2. The van der Waals surface area contributed by atoms with Gasteiger partial charge >= 0.3 is 0 Å². The number of para-hydroxylation sites is 4. The number of rotatable bonds is 42. The number of nitrogens with zero attached hydrogens (tertiary/aromatic N) is 8. The van der Waals surface area contributed by atoms with Gasteiger partial charge < -0.3 is 18.9 Å². The number of benzene rings is 13. The van der Waals surface area contributed by atoms with Gasteiger partial charge in [0.25, 0.3) is 11.1 Å². The molecule has 19 aromatic rings. The van der Waals surface area contributed by atoms with Crippen LogP contribution in [0.3, 0.4) is 0 Å². The highest BCUT2D eigenvalue weighted by atomic mass is 16.5. The van der Waals surface area contributed by atoms with Crippen LogP contribution in [0.15, 0.2) is 268 Å². The zero-order chi connectivity index (χ0) is 91.1. The van der Waals surface area contributed by atoms with Crippen LogP contribution in [-0.4, -0.2) is 38.7 Å². The van der Waals surface area contributed by atoms with Gasteiger partial charge in [0.2, 0.25) is 0 Å². The molecule has 14 heteroatoms. The molecule has 0 spiro atoms. The second-order valence-electron chi connectivity index (χ2n) is 36.1. The van der Waals surface area contributed by atoms with Crippen molar-refractivity contribution in [1.82, 2.24) is 38.7 Å². The molecule has 0 aliphatic carbocycles. The second kappa shape index (κ2) is 41.9. The first-order chi connectivity index (χ1) is 66.1. The fourth-order valence-electron chi connectivity index (χ4n) is 19.7. The van der Waals surface area contributed by atoms with Gasteiger partial charge in [0, 0.05) is 53.9 Å². The lowest BCUT2D eigenvalue weighted by atomic mass is 9.84. The van der Waals surface area contributed by atoms with E-state index in [0.29, 0.717) is 166 Å². The monoisotopic (exact) mass is 1760 g/mol. The summed E-state index contributed by atoms with van der Waals surface area (Å²) in [4.78, 5) is 65.5. The SMILES string of the molecule is C=C=C=C=C=C=C=C=C=C=C=Cc1ccc(Oc2cc3c4c(cc(Oc5ccc(CCCCCCCCCCCC)cc5)c5c6c(Oc7ccc(CCCCCCCCCCCC)cc7)cc7c(=O)n8c9cc%10nc%11ccccc%11nc%10cc9nc8c8cc(Oc9ccc(CCCCCCCCCCCC)cc9)c(c2c54)c6c78)c(=O)n2c4cc5nc6ccccc6nc5cc4nc32)cc1. The van der Waals surface area contributed by atoms with Crippen molar-refractivity contribution in [2.24, 2.45) is 0 Å². The first-order valence-electron chi connectivity index (χ1n) is 49.0. The Hall–Kier alpha value is -14.6. The van der Waals surface area contributed by atoms with Gasteiger partial charge in [-0.2, -0.15) is 0 Å². The van der Waals surface area contributed by atoms with Crippen LogP contribution >= 0.6 is 0 Å².